The van der Waals surface area contributed by atoms with E-state index in [-0.39, 0.29) is 0 Å². The smallest absolute Gasteiger partial charge is 0.202 e. The van der Waals surface area contributed by atoms with Crippen LogP contribution in [0, 0.1) is 0 Å². The van der Waals surface area contributed by atoms with Gasteiger partial charge in [0.1, 0.15) is 5.69 Å². The van der Waals surface area contributed by atoms with Crippen molar-refractivity contribution in [3.63, 3.8) is 0 Å². The van der Waals surface area contributed by atoms with E-state index in [2.05, 4.69) is 5.10 Å². The van der Waals surface area contributed by atoms with Crippen LogP contribution in [0.15, 0.2) is 12.3 Å². The Morgan fingerprint density at radius 1 is 1.18 bits per heavy atom. The zero-order valence-corrected chi connectivity index (χ0v) is 10.6. The van der Waals surface area contributed by atoms with Crippen LogP contribution in [0.1, 0.15) is 12.0 Å². The van der Waals surface area contributed by atoms with E-state index in [0.717, 1.165) is 5.69 Å². The van der Waals surface area contributed by atoms with E-state index in [0.29, 0.717) is 26.4 Å². The number of methoxy groups -OCH3 is 3. The first kappa shape index (κ1) is 14.1. The SMILES string of the molecule is COCCOCCn1ccc(C(OC)OC)n1. The molecule has 17 heavy (non-hydrogen) atoms. The molecule has 0 radical (unpaired) electrons. The molecule has 1 aromatic rings. The highest BCUT2D eigenvalue weighted by molar-refractivity contribution is 5.00. The maximum absolute atomic E-state index is 5.35. The molecule has 6 nitrogen and oxygen atoms in total. The Hall–Kier alpha value is -0.950. The minimum atomic E-state index is -0.411. The fourth-order valence-electron chi connectivity index (χ4n) is 1.37. The van der Waals surface area contributed by atoms with Gasteiger partial charge in [0, 0.05) is 27.5 Å². The zero-order valence-electron chi connectivity index (χ0n) is 10.6. The molecule has 0 aromatic carbocycles. The molecule has 0 spiro atoms. The van der Waals surface area contributed by atoms with Gasteiger partial charge < -0.3 is 18.9 Å². The summed E-state index contributed by atoms with van der Waals surface area (Å²) in [5.41, 5.74) is 0.756. The molecule has 0 atom stereocenters. The quantitative estimate of drug-likeness (QED) is 0.476. The van der Waals surface area contributed by atoms with Crippen molar-refractivity contribution in [1.29, 1.82) is 0 Å². The number of rotatable bonds is 9. The van der Waals surface area contributed by atoms with Gasteiger partial charge in [0.15, 0.2) is 0 Å². The Bertz CT molecular complexity index is 299. The lowest BCUT2D eigenvalue weighted by atomic mass is 10.4. The van der Waals surface area contributed by atoms with Crippen molar-refractivity contribution in [2.75, 3.05) is 41.2 Å². The van der Waals surface area contributed by atoms with E-state index in [1.54, 1.807) is 26.0 Å². The molecule has 0 N–H and O–H groups in total. The molecule has 0 unspecified atom stereocenters. The molecule has 98 valence electrons. The molecule has 0 aliphatic carbocycles. The second-order valence-corrected chi connectivity index (χ2v) is 3.41. The van der Waals surface area contributed by atoms with E-state index in [1.165, 1.54) is 0 Å². The van der Waals surface area contributed by atoms with Gasteiger partial charge in [0.2, 0.25) is 6.29 Å². The largest absolute Gasteiger partial charge is 0.382 e. The highest BCUT2D eigenvalue weighted by Crippen LogP contribution is 2.13. The second-order valence-electron chi connectivity index (χ2n) is 3.41. The summed E-state index contributed by atoms with van der Waals surface area (Å²) in [6, 6.07) is 1.87. The van der Waals surface area contributed by atoms with Crippen LogP contribution < -0.4 is 0 Å². The third kappa shape index (κ3) is 4.82. The first-order valence-electron chi connectivity index (χ1n) is 5.47. The first-order valence-corrected chi connectivity index (χ1v) is 5.47. The van der Waals surface area contributed by atoms with Gasteiger partial charge in [0.05, 0.1) is 26.4 Å². The minimum Gasteiger partial charge on any atom is -0.382 e. The predicted molar refractivity (Wildman–Crippen MR) is 61.7 cm³/mol. The summed E-state index contributed by atoms with van der Waals surface area (Å²) in [7, 11) is 4.82. The van der Waals surface area contributed by atoms with Crippen molar-refractivity contribution in [1.82, 2.24) is 9.78 Å². The maximum Gasteiger partial charge on any atom is 0.202 e. The number of hydrogen-bond donors (Lipinski definition) is 0. The number of nitrogens with zero attached hydrogens (tertiary/aromatic N) is 2. The van der Waals surface area contributed by atoms with Crippen LogP contribution in [-0.4, -0.2) is 50.9 Å². The summed E-state index contributed by atoms with van der Waals surface area (Å²) in [5, 5.41) is 4.33. The summed E-state index contributed by atoms with van der Waals surface area (Å²) < 4.78 is 22.3. The highest BCUT2D eigenvalue weighted by atomic mass is 16.7. The lowest BCUT2D eigenvalue weighted by Gasteiger charge is -2.09. The van der Waals surface area contributed by atoms with Gasteiger partial charge in [-0.3, -0.25) is 4.68 Å². The van der Waals surface area contributed by atoms with Crippen molar-refractivity contribution >= 4 is 0 Å². The van der Waals surface area contributed by atoms with E-state index < -0.39 is 6.29 Å². The van der Waals surface area contributed by atoms with Crippen molar-refractivity contribution in [2.45, 2.75) is 12.8 Å². The fraction of sp³-hybridized carbons (Fsp3) is 0.727. The fourth-order valence-corrected chi connectivity index (χ4v) is 1.37. The van der Waals surface area contributed by atoms with Gasteiger partial charge in [-0.05, 0) is 6.07 Å². The van der Waals surface area contributed by atoms with E-state index in [1.807, 2.05) is 12.3 Å². The van der Waals surface area contributed by atoms with Crippen LogP contribution in [0.5, 0.6) is 0 Å². The lowest BCUT2D eigenvalue weighted by Crippen LogP contribution is -2.11. The topological polar surface area (TPSA) is 54.7 Å². The monoisotopic (exact) mass is 244 g/mol. The normalized spacial score (nSPS) is 11.3. The van der Waals surface area contributed by atoms with Crippen LogP contribution >= 0.6 is 0 Å². The maximum atomic E-state index is 5.35. The van der Waals surface area contributed by atoms with Gasteiger partial charge in [-0.25, -0.2) is 0 Å². The molecule has 0 bridgehead atoms. The molecule has 1 heterocycles. The van der Waals surface area contributed by atoms with E-state index in [9.17, 15) is 0 Å². The molecule has 6 heteroatoms. The predicted octanol–water partition coefficient (Wildman–Crippen LogP) is 0.837. The van der Waals surface area contributed by atoms with Crippen LogP contribution in [0.25, 0.3) is 0 Å². The Kier molecular flexibility index (Phi) is 6.80. The van der Waals surface area contributed by atoms with E-state index >= 15 is 0 Å². The average molecular weight is 244 g/mol. The first-order chi connectivity index (χ1) is 8.31. The zero-order chi connectivity index (χ0) is 12.5. The van der Waals surface area contributed by atoms with Crippen LogP contribution in [0.3, 0.4) is 0 Å². The molecule has 1 aromatic heterocycles. The molecule has 0 saturated heterocycles. The van der Waals surface area contributed by atoms with Crippen molar-refractivity contribution in [3.8, 4) is 0 Å². The Morgan fingerprint density at radius 2 is 1.94 bits per heavy atom. The summed E-state index contributed by atoms with van der Waals surface area (Å²) in [6.45, 7) is 2.52. The molecular formula is C11H20N2O4. The highest BCUT2D eigenvalue weighted by Gasteiger charge is 2.11. The third-order valence-electron chi connectivity index (χ3n) is 2.23. The molecule has 0 aliphatic heterocycles. The van der Waals surface area contributed by atoms with Crippen LogP contribution in [-0.2, 0) is 25.5 Å². The number of ether oxygens (including phenoxy) is 4. The van der Waals surface area contributed by atoms with Crippen LogP contribution in [0.2, 0.25) is 0 Å². The van der Waals surface area contributed by atoms with Crippen LogP contribution in [0.4, 0.5) is 0 Å². The third-order valence-corrected chi connectivity index (χ3v) is 2.23. The number of aromatic nitrogens is 2. The minimum absolute atomic E-state index is 0.411. The molecule has 0 aliphatic rings. The Morgan fingerprint density at radius 3 is 2.59 bits per heavy atom. The van der Waals surface area contributed by atoms with Crippen molar-refractivity contribution in [2.24, 2.45) is 0 Å². The summed E-state index contributed by atoms with van der Waals surface area (Å²) in [5.74, 6) is 0. The van der Waals surface area contributed by atoms with Crippen molar-refractivity contribution in [3.05, 3.63) is 18.0 Å². The molecular weight excluding hydrogens is 224 g/mol. The van der Waals surface area contributed by atoms with E-state index in [4.69, 9.17) is 18.9 Å². The standard InChI is InChI=1S/C11H20N2O4/c1-14-8-9-17-7-6-13-5-4-10(12-13)11(15-2)16-3/h4-5,11H,6-9H2,1-3H3. The van der Waals surface area contributed by atoms with Gasteiger partial charge in [-0.1, -0.05) is 0 Å². The average Bonchev–Trinajstić information content (AvgIpc) is 2.79. The molecule has 1 rings (SSSR count). The second kappa shape index (κ2) is 8.19. The lowest BCUT2D eigenvalue weighted by molar-refractivity contribution is -0.109. The van der Waals surface area contributed by atoms with Crippen molar-refractivity contribution < 1.29 is 18.9 Å². The number of hydrogen-bond acceptors (Lipinski definition) is 5. The molecule has 0 saturated carbocycles. The summed E-state index contributed by atoms with van der Waals surface area (Å²) in [4.78, 5) is 0. The molecule has 0 amide bonds. The Labute approximate surface area is 101 Å². The molecule has 0 fully saturated rings. The van der Waals surface area contributed by atoms with Gasteiger partial charge in [-0.15, -0.1) is 0 Å². The van der Waals surface area contributed by atoms with Gasteiger partial charge in [-0.2, -0.15) is 5.10 Å². The van der Waals surface area contributed by atoms with Gasteiger partial charge in [0.25, 0.3) is 0 Å². The summed E-state index contributed by atoms with van der Waals surface area (Å²) >= 11 is 0. The Balaban J connectivity index is 2.30. The van der Waals surface area contributed by atoms with Gasteiger partial charge >= 0.3 is 0 Å². The summed E-state index contributed by atoms with van der Waals surface area (Å²) in [6.07, 6.45) is 1.46.